The van der Waals surface area contributed by atoms with Crippen LogP contribution >= 0.6 is 0 Å². The fourth-order valence-electron chi connectivity index (χ4n) is 1.13. The molecule has 0 fully saturated rings. The maximum absolute atomic E-state index is 12.7. The third-order valence-electron chi connectivity index (χ3n) is 1.72. The average Bonchev–Trinajstić information content (AvgIpc) is 2.15. The molecular formula is C9H10FN3O. The zero-order valence-electron chi connectivity index (χ0n) is 7.47. The lowest BCUT2D eigenvalue weighted by atomic mass is 10.1. The molecule has 0 radical (unpaired) electrons. The zero-order valence-corrected chi connectivity index (χ0v) is 7.47. The molecule has 0 heterocycles. The molecule has 4 nitrogen and oxygen atoms in total. The van der Waals surface area contributed by atoms with Gasteiger partial charge >= 0.3 is 0 Å². The summed E-state index contributed by atoms with van der Waals surface area (Å²) in [5, 5.41) is 12.6. The van der Waals surface area contributed by atoms with Crippen LogP contribution in [-0.4, -0.2) is 17.8 Å². The molecular weight excluding hydrogens is 185 g/mol. The number of nitrogens with zero attached hydrogens (tertiary/aromatic N) is 3. The number of hydrogen-bond donors (Lipinski definition) is 1. The monoisotopic (exact) mass is 195 g/mol. The number of rotatable bonds is 4. The van der Waals surface area contributed by atoms with Gasteiger partial charge in [0.1, 0.15) is 5.82 Å². The lowest BCUT2D eigenvalue weighted by Gasteiger charge is -2.06. The molecule has 74 valence electrons. The van der Waals surface area contributed by atoms with Crippen LogP contribution in [0.4, 0.5) is 4.39 Å². The maximum Gasteiger partial charge on any atom is 0.123 e. The molecule has 1 aromatic rings. The third-order valence-corrected chi connectivity index (χ3v) is 1.72. The molecule has 1 rings (SSSR count). The number of aliphatic hydroxyl groups is 1. The van der Waals surface area contributed by atoms with Gasteiger partial charge in [0.05, 0.1) is 12.6 Å². The van der Waals surface area contributed by atoms with E-state index in [2.05, 4.69) is 10.0 Å². The van der Waals surface area contributed by atoms with Crippen LogP contribution in [0, 0.1) is 5.82 Å². The standard InChI is InChI=1S/C9H10FN3O/c10-8-3-1-2-7(4-8)5-9(14)6-12-13-11/h1-4,9,14H,5-6H2/t9-/m0/s1. The summed E-state index contributed by atoms with van der Waals surface area (Å²) in [5.41, 5.74) is 8.70. The van der Waals surface area contributed by atoms with Crippen LogP contribution in [0.15, 0.2) is 29.4 Å². The van der Waals surface area contributed by atoms with Gasteiger partial charge in [0, 0.05) is 4.91 Å². The molecule has 14 heavy (non-hydrogen) atoms. The Morgan fingerprint density at radius 3 is 3.00 bits per heavy atom. The summed E-state index contributed by atoms with van der Waals surface area (Å²) >= 11 is 0. The summed E-state index contributed by atoms with van der Waals surface area (Å²) in [7, 11) is 0. The molecule has 1 atom stereocenters. The first-order valence-corrected chi connectivity index (χ1v) is 4.15. The van der Waals surface area contributed by atoms with Crippen molar-refractivity contribution in [2.45, 2.75) is 12.5 Å². The van der Waals surface area contributed by atoms with E-state index in [0.29, 0.717) is 5.56 Å². The van der Waals surface area contributed by atoms with Gasteiger partial charge in [0.15, 0.2) is 0 Å². The highest BCUT2D eigenvalue weighted by molar-refractivity contribution is 5.17. The first-order chi connectivity index (χ1) is 6.72. The van der Waals surface area contributed by atoms with Gasteiger partial charge in [-0.1, -0.05) is 17.2 Å². The van der Waals surface area contributed by atoms with Crippen LogP contribution in [0.25, 0.3) is 10.4 Å². The molecule has 0 unspecified atom stereocenters. The van der Waals surface area contributed by atoms with Gasteiger partial charge in [-0.3, -0.25) is 0 Å². The normalized spacial score (nSPS) is 11.9. The fraction of sp³-hybridized carbons (Fsp3) is 0.333. The Morgan fingerprint density at radius 2 is 2.36 bits per heavy atom. The summed E-state index contributed by atoms with van der Waals surface area (Å²) in [6, 6.07) is 5.97. The third kappa shape index (κ3) is 3.43. The number of aliphatic hydroxyl groups excluding tert-OH is 1. The minimum Gasteiger partial charge on any atom is -0.393 e. The molecule has 0 aromatic heterocycles. The molecule has 0 aliphatic carbocycles. The van der Waals surface area contributed by atoms with E-state index in [-0.39, 0.29) is 18.8 Å². The highest BCUT2D eigenvalue weighted by Gasteiger charge is 2.04. The predicted octanol–water partition coefficient (Wildman–Crippen LogP) is 2.04. The van der Waals surface area contributed by atoms with Crippen molar-refractivity contribution in [1.82, 2.24) is 0 Å². The van der Waals surface area contributed by atoms with Crippen molar-refractivity contribution in [3.05, 3.63) is 46.1 Å². The van der Waals surface area contributed by atoms with Gasteiger partial charge in [0.2, 0.25) is 0 Å². The van der Waals surface area contributed by atoms with Crippen molar-refractivity contribution in [1.29, 1.82) is 0 Å². The summed E-state index contributed by atoms with van der Waals surface area (Å²) in [6.45, 7) is 0.00696. The number of benzene rings is 1. The van der Waals surface area contributed by atoms with Gasteiger partial charge in [-0.15, -0.1) is 0 Å². The smallest absolute Gasteiger partial charge is 0.123 e. The quantitative estimate of drug-likeness (QED) is 0.445. The highest BCUT2D eigenvalue weighted by Crippen LogP contribution is 2.06. The van der Waals surface area contributed by atoms with E-state index in [0.717, 1.165) is 0 Å². The van der Waals surface area contributed by atoms with Crippen molar-refractivity contribution in [2.75, 3.05) is 6.54 Å². The molecule has 5 heteroatoms. The molecule has 1 aromatic carbocycles. The summed E-state index contributed by atoms with van der Waals surface area (Å²) in [6.07, 6.45) is -0.468. The van der Waals surface area contributed by atoms with E-state index in [1.54, 1.807) is 12.1 Å². The van der Waals surface area contributed by atoms with Gasteiger partial charge in [0.25, 0.3) is 0 Å². The van der Waals surface area contributed by atoms with Gasteiger partial charge in [-0.2, -0.15) is 0 Å². The molecule has 0 saturated heterocycles. The average molecular weight is 195 g/mol. The van der Waals surface area contributed by atoms with Crippen LogP contribution in [0.1, 0.15) is 5.56 Å². The largest absolute Gasteiger partial charge is 0.393 e. The van der Waals surface area contributed by atoms with Gasteiger partial charge < -0.3 is 5.11 Å². The SMILES string of the molecule is [N-]=[N+]=NC[C@@H](O)Cc1cccc(F)c1. The highest BCUT2D eigenvalue weighted by atomic mass is 19.1. The fourth-order valence-corrected chi connectivity index (χ4v) is 1.13. The zero-order chi connectivity index (χ0) is 10.4. The van der Waals surface area contributed by atoms with Crippen LogP contribution in [-0.2, 0) is 6.42 Å². The van der Waals surface area contributed by atoms with Crippen molar-refractivity contribution >= 4 is 0 Å². The Morgan fingerprint density at radius 1 is 1.57 bits per heavy atom. The van der Waals surface area contributed by atoms with Crippen LogP contribution in [0.3, 0.4) is 0 Å². The van der Waals surface area contributed by atoms with E-state index in [1.165, 1.54) is 12.1 Å². The Kier molecular flexibility index (Phi) is 3.91. The topological polar surface area (TPSA) is 69.0 Å². The first kappa shape index (κ1) is 10.5. The lowest BCUT2D eigenvalue weighted by Crippen LogP contribution is -2.13. The molecule has 0 bridgehead atoms. The molecule has 0 aliphatic rings. The minimum absolute atomic E-state index is 0.00696. The Hall–Kier alpha value is -1.58. The molecule has 0 spiro atoms. The lowest BCUT2D eigenvalue weighted by molar-refractivity contribution is 0.183. The van der Waals surface area contributed by atoms with Crippen molar-refractivity contribution in [3.8, 4) is 0 Å². The first-order valence-electron chi connectivity index (χ1n) is 4.15. The molecule has 0 saturated carbocycles. The van der Waals surface area contributed by atoms with Crippen molar-refractivity contribution in [2.24, 2.45) is 5.11 Å². The number of azide groups is 1. The Balaban J connectivity index is 2.55. The summed E-state index contributed by atoms with van der Waals surface area (Å²) in [5.74, 6) is -0.335. The Bertz CT molecular complexity index is 350. The molecule has 0 amide bonds. The number of halogens is 1. The van der Waals surface area contributed by atoms with Crippen molar-refractivity contribution < 1.29 is 9.50 Å². The van der Waals surface area contributed by atoms with Crippen LogP contribution < -0.4 is 0 Å². The molecule has 0 aliphatic heterocycles. The predicted molar refractivity (Wildman–Crippen MR) is 50.1 cm³/mol. The maximum atomic E-state index is 12.7. The van der Waals surface area contributed by atoms with E-state index < -0.39 is 6.10 Å². The van der Waals surface area contributed by atoms with Gasteiger partial charge in [-0.25, -0.2) is 4.39 Å². The second-order valence-corrected chi connectivity index (χ2v) is 2.90. The van der Waals surface area contributed by atoms with E-state index in [9.17, 15) is 9.50 Å². The van der Waals surface area contributed by atoms with Crippen LogP contribution in [0.2, 0.25) is 0 Å². The van der Waals surface area contributed by atoms with Crippen molar-refractivity contribution in [3.63, 3.8) is 0 Å². The summed E-state index contributed by atoms with van der Waals surface area (Å²) < 4.78 is 12.7. The van der Waals surface area contributed by atoms with E-state index >= 15 is 0 Å². The minimum atomic E-state index is -0.757. The van der Waals surface area contributed by atoms with Crippen LogP contribution in [0.5, 0.6) is 0 Å². The molecule has 1 N–H and O–H groups in total. The van der Waals surface area contributed by atoms with E-state index in [1.807, 2.05) is 0 Å². The van der Waals surface area contributed by atoms with Gasteiger partial charge in [-0.05, 0) is 29.6 Å². The van der Waals surface area contributed by atoms with E-state index in [4.69, 9.17) is 5.53 Å². The second-order valence-electron chi connectivity index (χ2n) is 2.90. The summed E-state index contributed by atoms with van der Waals surface area (Å²) in [4.78, 5) is 2.53. The Labute approximate surface area is 80.6 Å². The number of hydrogen-bond acceptors (Lipinski definition) is 2. The second kappa shape index (κ2) is 5.21.